The maximum Gasteiger partial charge on any atom is 0.336 e. The Hall–Kier alpha value is -3.45. The summed E-state index contributed by atoms with van der Waals surface area (Å²) in [5.74, 6) is -0.162. The molecule has 0 spiro atoms. The van der Waals surface area contributed by atoms with E-state index >= 15 is 0 Å². The Kier molecular flexibility index (Phi) is 4.63. The van der Waals surface area contributed by atoms with Gasteiger partial charge in [0.1, 0.15) is 11.2 Å². The van der Waals surface area contributed by atoms with E-state index in [0.717, 1.165) is 28.8 Å². The third kappa shape index (κ3) is 3.21. The molecule has 6 nitrogen and oxygen atoms in total. The molecule has 0 bridgehead atoms. The van der Waals surface area contributed by atoms with Crippen molar-refractivity contribution in [2.45, 2.75) is 26.8 Å². The second-order valence-electron chi connectivity index (χ2n) is 7.91. The lowest BCUT2D eigenvalue weighted by Gasteiger charge is -2.19. The number of thiophene rings is 1. The number of carbonyl (C=O) groups excluding carboxylic acids is 1. The topological polar surface area (TPSA) is 64.3 Å². The van der Waals surface area contributed by atoms with E-state index in [9.17, 15) is 14.4 Å². The lowest BCUT2D eigenvalue weighted by atomic mass is 10.1. The Morgan fingerprint density at radius 1 is 1.03 bits per heavy atom. The van der Waals surface area contributed by atoms with Crippen molar-refractivity contribution in [2.75, 3.05) is 11.4 Å². The Balaban J connectivity index is 1.64. The van der Waals surface area contributed by atoms with E-state index in [4.69, 9.17) is 0 Å². The highest BCUT2D eigenvalue weighted by molar-refractivity contribution is 7.17. The molecule has 0 aliphatic carbocycles. The number of amides is 1. The zero-order valence-electron chi connectivity index (χ0n) is 17.3. The van der Waals surface area contributed by atoms with Crippen LogP contribution in [0.5, 0.6) is 0 Å². The fraction of sp³-hybridized carbons (Fsp3) is 0.208. The number of benzene rings is 2. The third-order valence-electron chi connectivity index (χ3n) is 5.70. The minimum absolute atomic E-state index is 0.120. The van der Waals surface area contributed by atoms with Gasteiger partial charge in [-0.15, -0.1) is 11.3 Å². The summed E-state index contributed by atoms with van der Waals surface area (Å²) in [5, 5.41) is 1.78. The predicted octanol–water partition coefficient (Wildman–Crippen LogP) is 3.42. The average Bonchev–Trinajstić information content (AvgIpc) is 3.38. The zero-order chi connectivity index (χ0) is 21.7. The lowest BCUT2D eigenvalue weighted by Crippen LogP contribution is -2.42. The molecule has 1 aliphatic rings. The quantitative estimate of drug-likeness (QED) is 0.499. The van der Waals surface area contributed by atoms with Crippen molar-refractivity contribution < 1.29 is 4.79 Å². The van der Waals surface area contributed by atoms with Crippen molar-refractivity contribution in [3.63, 3.8) is 0 Å². The van der Waals surface area contributed by atoms with Crippen molar-refractivity contribution in [3.8, 4) is 5.69 Å². The van der Waals surface area contributed by atoms with Crippen LogP contribution in [0.4, 0.5) is 5.69 Å². The van der Waals surface area contributed by atoms with Crippen molar-refractivity contribution in [1.29, 1.82) is 0 Å². The second-order valence-corrected chi connectivity index (χ2v) is 8.83. The third-order valence-corrected chi connectivity index (χ3v) is 6.59. The minimum atomic E-state index is -0.498. The summed E-state index contributed by atoms with van der Waals surface area (Å²) < 4.78 is 3.08. The SMILES string of the molecule is Cc1cc(C)cc(-n2c(=O)c3sccc3n(CC(=O)N3CCc4ccccc43)c2=O)c1. The predicted molar refractivity (Wildman–Crippen MR) is 124 cm³/mol. The molecule has 0 saturated heterocycles. The summed E-state index contributed by atoms with van der Waals surface area (Å²) in [6.07, 6.45) is 0.798. The van der Waals surface area contributed by atoms with Gasteiger partial charge >= 0.3 is 5.69 Å². The minimum Gasteiger partial charge on any atom is -0.310 e. The number of fused-ring (bicyclic) bond motifs is 2. The number of aromatic nitrogens is 2. The van der Waals surface area contributed by atoms with Crippen molar-refractivity contribution >= 4 is 33.1 Å². The van der Waals surface area contributed by atoms with E-state index in [1.807, 2.05) is 56.3 Å². The Morgan fingerprint density at radius 3 is 2.55 bits per heavy atom. The van der Waals surface area contributed by atoms with Gasteiger partial charge < -0.3 is 4.90 Å². The van der Waals surface area contributed by atoms with Crippen LogP contribution in [0.3, 0.4) is 0 Å². The van der Waals surface area contributed by atoms with E-state index in [0.29, 0.717) is 22.4 Å². The second kappa shape index (κ2) is 7.35. The molecule has 1 aliphatic heterocycles. The van der Waals surface area contributed by atoms with Gasteiger partial charge in [-0.3, -0.25) is 14.2 Å². The molecule has 3 heterocycles. The molecule has 0 saturated carbocycles. The Bertz CT molecular complexity index is 1440. The molecule has 156 valence electrons. The smallest absolute Gasteiger partial charge is 0.310 e. The van der Waals surface area contributed by atoms with Gasteiger partial charge in [-0.1, -0.05) is 24.3 Å². The molecule has 0 unspecified atom stereocenters. The van der Waals surface area contributed by atoms with Crippen LogP contribution in [0.15, 0.2) is 63.5 Å². The highest BCUT2D eigenvalue weighted by Crippen LogP contribution is 2.28. The van der Waals surface area contributed by atoms with Gasteiger partial charge in [-0.05, 0) is 66.6 Å². The number of nitrogens with zero attached hydrogens (tertiary/aromatic N) is 3. The van der Waals surface area contributed by atoms with E-state index in [1.165, 1.54) is 20.5 Å². The maximum absolute atomic E-state index is 13.5. The van der Waals surface area contributed by atoms with Crippen LogP contribution in [0.2, 0.25) is 0 Å². The molecule has 0 radical (unpaired) electrons. The van der Waals surface area contributed by atoms with Crippen LogP contribution in [-0.4, -0.2) is 21.6 Å². The Morgan fingerprint density at radius 2 is 1.77 bits per heavy atom. The number of carbonyl (C=O) groups is 1. The molecular formula is C24H21N3O3S. The summed E-state index contributed by atoms with van der Waals surface area (Å²) >= 11 is 1.28. The van der Waals surface area contributed by atoms with Crippen molar-refractivity contribution in [1.82, 2.24) is 9.13 Å². The van der Waals surface area contributed by atoms with Gasteiger partial charge in [0, 0.05) is 12.2 Å². The summed E-state index contributed by atoms with van der Waals surface area (Å²) in [6, 6.07) is 15.2. The Labute approximate surface area is 182 Å². The number of hydrogen-bond donors (Lipinski definition) is 0. The lowest BCUT2D eigenvalue weighted by molar-refractivity contribution is -0.119. The van der Waals surface area contributed by atoms with E-state index in [-0.39, 0.29) is 18.0 Å². The summed E-state index contributed by atoms with van der Waals surface area (Å²) in [7, 11) is 0. The fourth-order valence-corrected chi connectivity index (χ4v) is 5.19. The molecule has 0 atom stereocenters. The van der Waals surface area contributed by atoms with Gasteiger partial charge in [0.2, 0.25) is 5.91 Å². The van der Waals surface area contributed by atoms with Gasteiger partial charge in [0.05, 0.1) is 11.2 Å². The van der Waals surface area contributed by atoms with E-state index in [2.05, 4.69) is 0 Å². The summed E-state index contributed by atoms with van der Waals surface area (Å²) in [4.78, 5) is 41.6. The standard InChI is InChI=1S/C24H21N3O3S/c1-15-11-16(2)13-18(12-15)27-23(29)22-20(8-10-31-22)26(24(27)30)14-21(28)25-9-7-17-5-3-4-6-19(17)25/h3-6,8,10-13H,7,9,14H2,1-2H3. The molecule has 4 aromatic rings. The molecular weight excluding hydrogens is 410 g/mol. The monoisotopic (exact) mass is 431 g/mol. The molecule has 5 rings (SSSR count). The van der Waals surface area contributed by atoms with Crippen LogP contribution in [0.1, 0.15) is 16.7 Å². The number of para-hydroxylation sites is 1. The molecule has 31 heavy (non-hydrogen) atoms. The van der Waals surface area contributed by atoms with Gasteiger partial charge in [-0.25, -0.2) is 9.36 Å². The molecule has 1 amide bonds. The molecule has 0 N–H and O–H groups in total. The van der Waals surface area contributed by atoms with Crippen molar-refractivity contribution in [3.05, 3.63) is 91.4 Å². The first-order chi connectivity index (χ1) is 14.9. The molecule has 2 aromatic heterocycles. The highest BCUT2D eigenvalue weighted by atomic mass is 32.1. The van der Waals surface area contributed by atoms with Crippen LogP contribution in [0.25, 0.3) is 15.9 Å². The first-order valence-corrected chi connectivity index (χ1v) is 11.0. The number of hydrogen-bond acceptors (Lipinski definition) is 4. The van der Waals surface area contributed by atoms with E-state index < -0.39 is 5.69 Å². The fourth-order valence-electron chi connectivity index (χ4n) is 4.37. The van der Waals surface area contributed by atoms with Crippen LogP contribution in [-0.2, 0) is 17.8 Å². The normalized spacial score (nSPS) is 13.0. The average molecular weight is 432 g/mol. The molecule has 0 fully saturated rings. The van der Waals surface area contributed by atoms with E-state index in [1.54, 1.807) is 16.3 Å². The number of anilines is 1. The van der Waals surface area contributed by atoms with Crippen LogP contribution >= 0.6 is 11.3 Å². The summed E-state index contributed by atoms with van der Waals surface area (Å²) in [5.41, 5.74) is 4.12. The first kappa shape index (κ1) is 19.5. The van der Waals surface area contributed by atoms with Gasteiger partial charge in [-0.2, -0.15) is 0 Å². The van der Waals surface area contributed by atoms with Crippen molar-refractivity contribution in [2.24, 2.45) is 0 Å². The first-order valence-electron chi connectivity index (χ1n) is 10.1. The number of rotatable bonds is 3. The van der Waals surface area contributed by atoms with Gasteiger partial charge in [0.15, 0.2) is 0 Å². The number of aryl methyl sites for hydroxylation is 2. The van der Waals surface area contributed by atoms with Gasteiger partial charge in [0.25, 0.3) is 5.56 Å². The zero-order valence-corrected chi connectivity index (χ0v) is 18.1. The molecule has 7 heteroatoms. The van der Waals surface area contributed by atoms with Crippen LogP contribution in [0, 0.1) is 13.8 Å². The maximum atomic E-state index is 13.5. The largest absolute Gasteiger partial charge is 0.336 e. The summed E-state index contributed by atoms with van der Waals surface area (Å²) in [6.45, 7) is 4.33. The van der Waals surface area contributed by atoms with Crippen LogP contribution < -0.4 is 16.1 Å². The molecule has 2 aromatic carbocycles. The highest BCUT2D eigenvalue weighted by Gasteiger charge is 2.26.